The van der Waals surface area contributed by atoms with Gasteiger partial charge in [0.15, 0.2) is 0 Å². The summed E-state index contributed by atoms with van der Waals surface area (Å²) in [5.41, 5.74) is 6.81. The van der Waals surface area contributed by atoms with Crippen molar-refractivity contribution in [3.05, 3.63) is 21.0 Å². The van der Waals surface area contributed by atoms with Crippen molar-refractivity contribution in [2.75, 3.05) is 5.32 Å². The third-order valence-corrected chi connectivity index (χ3v) is 4.64. The summed E-state index contributed by atoms with van der Waals surface area (Å²) >= 11 is 3.39. The van der Waals surface area contributed by atoms with Gasteiger partial charge in [-0.3, -0.25) is 4.79 Å². The van der Waals surface area contributed by atoms with Crippen molar-refractivity contribution in [2.45, 2.75) is 64.1 Å². The number of nitrogens with one attached hydrogen (secondary N) is 1. The first-order valence-corrected chi connectivity index (χ1v) is 8.20. The number of aryl methyl sites for hydroxylation is 1. The Balaban J connectivity index is 2.12. The van der Waals surface area contributed by atoms with E-state index in [2.05, 4.69) is 33.3 Å². The summed E-state index contributed by atoms with van der Waals surface area (Å²) in [6.07, 6.45) is 8.19. The van der Waals surface area contributed by atoms with E-state index in [4.69, 9.17) is 5.73 Å². The van der Waals surface area contributed by atoms with Crippen molar-refractivity contribution in [3.63, 3.8) is 0 Å². The third-order valence-electron chi connectivity index (χ3n) is 3.87. The van der Waals surface area contributed by atoms with Crippen LogP contribution in [0, 0.1) is 0 Å². The van der Waals surface area contributed by atoms with Crippen LogP contribution >= 0.6 is 15.9 Å². The molecule has 0 spiro atoms. The predicted octanol–water partition coefficient (Wildman–Crippen LogP) is 2.49. The highest BCUT2D eigenvalue weighted by atomic mass is 79.9. The van der Waals surface area contributed by atoms with Crippen LogP contribution in [0.4, 0.5) is 5.69 Å². The normalized spacial score (nSPS) is 22.8. The molecule has 2 unspecified atom stereocenters. The van der Waals surface area contributed by atoms with Crippen LogP contribution in [0.1, 0.15) is 45.4 Å². The Morgan fingerprint density at radius 3 is 2.95 bits per heavy atom. The summed E-state index contributed by atoms with van der Waals surface area (Å²) in [6.45, 7) is 2.76. The van der Waals surface area contributed by atoms with Gasteiger partial charge in [-0.15, -0.1) is 0 Å². The second-order valence-corrected chi connectivity index (χ2v) is 6.25. The van der Waals surface area contributed by atoms with Crippen LogP contribution in [-0.2, 0) is 6.54 Å². The van der Waals surface area contributed by atoms with Gasteiger partial charge in [-0.1, -0.05) is 26.2 Å². The van der Waals surface area contributed by atoms with Gasteiger partial charge in [-0.2, -0.15) is 5.10 Å². The number of hydrogen-bond acceptors (Lipinski definition) is 4. The molecular weight excluding hydrogens is 320 g/mol. The van der Waals surface area contributed by atoms with Crippen molar-refractivity contribution < 1.29 is 0 Å². The molecule has 1 aromatic heterocycles. The van der Waals surface area contributed by atoms with Crippen molar-refractivity contribution in [1.29, 1.82) is 0 Å². The molecule has 1 aromatic rings. The van der Waals surface area contributed by atoms with Crippen LogP contribution in [0.15, 0.2) is 15.5 Å². The van der Waals surface area contributed by atoms with Gasteiger partial charge in [0.1, 0.15) is 4.47 Å². The van der Waals surface area contributed by atoms with Crippen LogP contribution in [0.2, 0.25) is 0 Å². The molecule has 0 aromatic carbocycles. The highest BCUT2D eigenvalue weighted by Crippen LogP contribution is 2.23. The minimum Gasteiger partial charge on any atom is -0.378 e. The number of aromatic nitrogens is 2. The number of hydrogen-bond donors (Lipinski definition) is 2. The smallest absolute Gasteiger partial charge is 0.283 e. The average molecular weight is 343 g/mol. The number of unbranched alkanes of at least 4 members (excludes halogenated alkanes) is 1. The second kappa shape index (κ2) is 7.22. The highest BCUT2D eigenvalue weighted by molar-refractivity contribution is 9.10. The molecule has 1 saturated carbocycles. The van der Waals surface area contributed by atoms with Crippen LogP contribution in [0.5, 0.6) is 0 Å². The Morgan fingerprint density at radius 2 is 2.25 bits per heavy atom. The molecule has 20 heavy (non-hydrogen) atoms. The van der Waals surface area contributed by atoms with Crippen molar-refractivity contribution in [2.24, 2.45) is 5.73 Å². The summed E-state index contributed by atoms with van der Waals surface area (Å²) in [6, 6.07) is 0.380. The van der Waals surface area contributed by atoms with E-state index >= 15 is 0 Å². The van der Waals surface area contributed by atoms with Crippen LogP contribution < -0.4 is 16.6 Å². The molecule has 0 aliphatic heterocycles. The Hall–Kier alpha value is -0.880. The Labute approximate surface area is 128 Å². The maximum Gasteiger partial charge on any atom is 0.283 e. The lowest BCUT2D eigenvalue weighted by molar-refractivity contribution is 0.403. The van der Waals surface area contributed by atoms with Crippen LogP contribution in [0.3, 0.4) is 0 Å². The maximum absolute atomic E-state index is 12.2. The van der Waals surface area contributed by atoms with E-state index in [-0.39, 0.29) is 17.6 Å². The standard InChI is InChI=1S/C14H23BrN4O/c1-2-3-8-19-14(20)13(15)12(9-17-19)18-11-7-5-4-6-10(11)16/h9-11,18H,2-8,16H2,1H3. The number of nitrogens with zero attached hydrogens (tertiary/aromatic N) is 2. The third kappa shape index (κ3) is 3.61. The van der Waals surface area contributed by atoms with Gasteiger partial charge in [-0.05, 0) is 35.2 Å². The first-order valence-electron chi connectivity index (χ1n) is 7.41. The Morgan fingerprint density at radius 1 is 1.50 bits per heavy atom. The number of rotatable bonds is 5. The lowest BCUT2D eigenvalue weighted by Crippen LogP contribution is -2.43. The van der Waals surface area contributed by atoms with Crippen molar-refractivity contribution >= 4 is 21.6 Å². The molecule has 2 atom stereocenters. The quantitative estimate of drug-likeness (QED) is 0.862. The van der Waals surface area contributed by atoms with E-state index in [1.807, 2.05) is 0 Å². The number of anilines is 1. The first-order chi connectivity index (χ1) is 9.63. The largest absolute Gasteiger partial charge is 0.378 e. The maximum atomic E-state index is 12.2. The zero-order valence-electron chi connectivity index (χ0n) is 11.9. The molecule has 6 heteroatoms. The molecule has 0 saturated heterocycles. The summed E-state index contributed by atoms with van der Waals surface area (Å²) in [4.78, 5) is 12.2. The molecule has 0 bridgehead atoms. The monoisotopic (exact) mass is 342 g/mol. The highest BCUT2D eigenvalue weighted by Gasteiger charge is 2.22. The average Bonchev–Trinajstić information content (AvgIpc) is 2.45. The zero-order valence-corrected chi connectivity index (χ0v) is 13.5. The Kier molecular flexibility index (Phi) is 5.60. The van der Waals surface area contributed by atoms with E-state index < -0.39 is 0 Å². The van der Waals surface area contributed by atoms with Gasteiger partial charge in [0.25, 0.3) is 5.56 Å². The molecule has 0 amide bonds. The molecule has 1 aliphatic carbocycles. The SMILES string of the molecule is CCCCn1ncc(NC2CCCCC2N)c(Br)c1=O. The van der Waals surface area contributed by atoms with E-state index in [0.717, 1.165) is 31.4 Å². The topological polar surface area (TPSA) is 72.9 Å². The molecular formula is C14H23BrN4O. The molecule has 1 aliphatic rings. The van der Waals surface area contributed by atoms with Gasteiger partial charge < -0.3 is 11.1 Å². The number of nitrogens with two attached hydrogens (primary N) is 1. The lowest BCUT2D eigenvalue weighted by Gasteiger charge is -2.30. The summed E-state index contributed by atoms with van der Waals surface area (Å²) in [7, 11) is 0. The fraction of sp³-hybridized carbons (Fsp3) is 0.714. The van der Waals surface area contributed by atoms with Crippen molar-refractivity contribution in [3.8, 4) is 0 Å². The molecule has 0 radical (unpaired) electrons. The van der Waals surface area contributed by atoms with E-state index in [9.17, 15) is 4.79 Å². The van der Waals surface area contributed by atoms with E-state index in [1.54, 1.807) is 6.20 Å². The molecule has 5 nitrogen and oxygen atoms in total. The summed E-state index contributed by atoms with van der Waals surface area (Å²) in [5.74, 6) is 0. The van der Waals surface area contributed by atoms with Crippen LogP contribution in [0.25, 0.3) is 0 Å². The molecule has 3 N–H and O–H groups in total. The van der Waals surface area contributed by atoms with Gasteiger partial charge in [0, 0.05) is 18.6 Å². The fourth-order valence-corrected chi connectivity index (χ4v) is 2.99. The molecule has 112 valence electrons. The zero-order chi connectivity index (χ0) is 14.5. The Bertz CT molecular complexity index is 502. The van der Waals surface area contributed by atoms with Gasteiger partial charge in [-0.25, -0.2) is 4.68 Å². The van der Waals surface area contributed by atoms with Crippen molar-refractivity contribution in [1.82, 2.24) is 9.78 Å². The molecule has 2 rings (SSSR count). The van der Waals surface area contributed by atoms with E-state index in [1.165, 1.54) is 17.5 Å². The lowest BCUT2D eigenvalue weighted by atomic mass is 9.91. The second-order valence-electron chi connectivity index (χ2n) is 5.45. The predicted molar refractivity (Wildman–Crippen MR) is 85.0 cm³/mol. The minimum atomic E-state index is -0.0761. The minimum absolute atomic E-state index is 0.0761. The fourth-order valence-electron chi connectivity index (χ4n) is 2.57. The molecule has 1 heterocycles. The number of halogens is 1. The van der Waals surface area contributed by atoms with E-state index in [0.29, 0.717) is 11.0 Å². The van der Waals surface area contributed by atoms with Gasteiger partial charge >= 0.3 is 0 Å². The van der Waals surface area contributed by atoms with Crippen LogP contribution in [-0.4, -0.2) is 21.9 Å². The first kappa shape index (κ1) is 15.5. The summed E-state index contributed by atoms with van der Waals surface area (Å²) < 4.78 is 2.07. The van der Waals surface area contributed by atoms with Gasteiger partial charge in [0.2, 0.25) is 0 Å². The molecule has 1 fully saturated rings. The summed E-state index contributed by atoms with van der Waals surface area (Å²) in [5, 5.41) is 7.61. The van der Waals surface area contributed by atoms with Gasteiger partial charge in [0.05, 0.1) is 11.9 Å².